The molecule has 0 fully saturated rings. The van der Waals surface area contributed by atoms with Gasteiger partial charge in [0.05, 0.1) is 6.10 Å². The predicted molar refractivity (Wildman–Crippen MR) is 49.3 cm³/mol. The van der Waals surface area contributed by atoms with E-state index in [4.69, 9.17) is 4.52 Å². The minimum atomic E-state index is -3.81. The van der Waals surface area contributed by atoms with Crippen LogP contribution in [0.25, 0.3) is 0 Å². The summed E-state index contributed by atoms with van der Waals surface area (Å²) in [6.07, 6.45) is 1.47. The van der Waals surface area contributed by atoms with E-state index >= 15 is 0 Å². The van der Waals surface area contributed by atoms with E-state index < -0.39 is 7.68 Å². The maximum absolute atomic E-state index is 12.7. The van der Waals surface area contributed by atoms with E-state index in [0.717, 1.165) is 19.5 Å². The van der Waals surface area contributed by atoms with Crippen LogP contribution < -0.4 is 0 Å². The molecule has 0 aromatic carbocycles. The minimum absolute atomic E-state index is 0.212. The zero-order valence-electron chi connectivity index (χ0n) is 8.21. The molecule has 0 rings (SSSR count). The van der Waals surface area contributed by atoms with Crippen LogP contribution in [0.2, 0.25) is 0 Å². The maximum atomic E-state index is 12.7. The van der Waals surface area contributed by atoms with Crippen molar-refractivity contribution in [2.45, 2.75) is 39.7 Å². The molecule has 0 saturated heterocycles. The third kappa shape index (κ3) is 5.73. The summed E-state index contributed by atoms with van der Waals surface area (Å²) in [6, 6.07) is 0. The Kier molecular flexibility index (Phi) is 5.03. The highest BCUT2D eigenvalue weighted by molar-refractivity contribution is 7.52. The molecule has 2 nitrogen and oxygen atoms in total. The highest BCUT2D eigenvalue weighted by Crippen LogP contribution is 2.46. The van der Waals surface area contributed by atoms with Gasteiger partial charge in [-0.25, -0.2) is 0 Å². The fourth-order valence-electron chi connectivity index (χ4n) is 1.03. The Morgan fingerprint density at radius 3 is 2.25 bits per heavy atom. The topological polar surface area (TPSA) is 26.3 Å². The van der Waals surface area contributed by atoms with E-state index in [1.165, 1.54) is 0 Å². The summed E-state index contributed by atoms with van der Waals surface area (Å²) in [6.45, 7) is 6.89. The first-order chi connectivity index (χ1) is 5.37. The van der Waals surface area contributed by atoms with E-state index in [1.807, 2.05) is 20.8 Å². The number of hydrogen-bond donors (Lipinski definition) is 0. The number of halogens is 1. The second kappa shape index (κ2) is 4.98. The molecule has 0 aliphatic rings. The van der Waals surface area contributed by atoms with Gasteiger partial charge in [-0.15, -0.1) is 0 Å². The Bertz CT molecular complexity index is 164. The number of rotatable bonds is 5. The zero-order chi connectivity index (χ0) is 9.78. The summed E-state index contributed by atoms with van der Waals surface area (Å²) in [7, 11) is -3.81. The average molecular weight is 196 g/mol. The SMILES string of the molecule is CCCC(OP(C)(=O)F)C(C)C. The van der Waals surface area contributed by atoms with E-state index in [0.29, 0.717) is 0 Å². The fraction of sp³-hybridized carbons (Fsp3) is 1.00. The second-order valence-electron chi connectivity index (χ2n) is 3.42. The fourth-order valence-corrected chi connectivity index (χ4v) is 1.87. The number of hydrogen-bond acceptors (Lipinski definition) is 2. The van der Waals surface area contributed by atoms with Gasteiger partial charge >= 0.3 is 7.68 Å². The molecule has 74 valence electrons. The molecule has 2 atom stereocenters. The van der Waals surface area contributed by atoms with Crippen molar-refractivity contribution < 1.29 is 13.3 Å². The van der Waals surface area contributed by atoms with Crippen molar-refractivity contribution in [3.05, 3.63) is 0 Å². The lowest BCUT2D eigenvalue weighted by Gasteiger charge is -2.20. The zero-order valence-corrected chi connectivity index (χ0v) is 9.11. The average Bonchev–Trinajstić information content (AvgIpc) is 1.83. The van der Waals surface area contributed by atoms with Gasteiger partial charge in [0.25, 0.3) is 0 Å². The molecule has 0 bridgehead atoms. The summed E-state index contributed by atoms with van der Waals surface area (Å²) in [5.41, 5.74) is 0. The van der Waals surface area contributed by atoms with Gasteiger partial charge < -0.3 is 4.52 Å². The Labute approximate surface area is 74.1 Å². The Morgan fingerprint density at radius 2 is 2.00 bits per heavy atom. The van der Waals surface area contributed by atoms with Crippen molar-refractivity contribution in [3.63, 3.8) is 0 Å². The first kappa shape index (κ1) is 12.1. The Balaban J connectivity index is 4.05. The van der Waals surface area contributed by atoms with Gasteiger partial charge in [0.15, 0.2) is 0 Å². The lowest BCUT2D eigenvalue weighted by molar-refractivity contribution is 0.134. The van der Waals surface area contributed by atoms with Gasteiger partial charge in [0.1, 0.15) is 0 Å². The summed E-state index contributed by atoms with van der Waals surface area (Å²) < 4.78 is 28.2. The molecule has 0 heterocycles. The molecule has 0 spiro atoms. The second-order valence-corrected chi connectivity index (χ2v) is 5.13. The molecule has 0 aliphatic carbocycles. The van der Waals surface area contributed by atoms with Gasteiger partial charge in [0, 0.05) is 6.66 Å². The van der Waals surface area contributed by atoms with E-state index in [9.17, 15) is 8.76 Å². The van der Waals surface area contributed by atoms with Crippen molar-refractivity contribution in [2.24, 2.45) is 5.92 Å². The van der Waals surface area contributed by atoms with Crippen LogP contribution in [0.3, 0.4) is 0 Å². The van der Waals surface area contributed by atoms with Gasteiger partial charge in [-0.05, 0) is 12.3 Å². The highest BCUT2D eigenvalue weighted by Gasteiger charge is 2.22. The van der Waals surface area contributed by atoms with Crippen LogP contribution in [0.5, 0.6) is 0 Å². The molecular formula is C8H18FO2P. The van der Waals surface area contributed by atoms with Crippen molar-refractivity contribution in [3.8, 4) is 0 Å². The molecule has 0 aromatic heterocycles. The first-order valence-corrected chi connectivity index (χ1v) is 6.28. The highest BCUT2D eigenvalue weighted by atomic mass is 31.2. The summed E-state index contributed by atoms with van der Waals surface area (Å²) in [5.74, 6) is 0.217. The monoisotopic (exact) mass is 196 g/mol. The lowest BCUT2D eigenvalue weighted by Crippen LogP contribution is -2.17. The van der Waals surface area contributed by atoms with Gasteiger partial charge in [-0.2, -0.15) is 4.20 Å². The van der Waals surface area contributed by atoms with Gasteiger partial charge in [-0.1, -0.05) is 27.2 Å². The van der Waals surface area contributed by atoms with Crippen molar-refractivity contribution in [1.29, 1.82) is 0 Å². The quantitative estimate of drug-likeness (QED) is 0.628. The molecule has 4 heteroatoms. The van der Waals surface area contributed by atoms with Crippen molar-refractivity contribution in [1.82, 2.24) is 0 Å². The Morgan fingerprint density at radius 1 is 1.50 bits per heavy atom. The molecule has 0 radical (unpaired) electrons. The van der Waals surface area contributed by atoms with Crippen LogP contribution in [0.1, 0.15) is 33.6 Å². The van der Waals surface area contributed by atoms with Crippen molar-refractivity contribution in [2.75, 3.05) is 6.66 Å². The smallest absolute Gasteiger partial charge is 0.302 e. The molecule has 0 N–H and O–H groups in total. The van der Waals surface area contributed by atoms with E-state index in [2.05, 4.69) is 0 Å². The van der Waals surface area contributed by atoms with E-state index in [-0.39, 0.29) is 12.0 Å². The Hall–Kier alpha value is 0.120. The van der Waals surface area contributed by atoms with Gasteiger partial charge in [0.2, 0.25) is 0 Å². The van der Waals surface area contributed by atoms with Crippen molar-refractivity contribution >= 4 is 7.68 Å². The van der Waals surface area contributed by atoms with Crippen LogP contribution in [0.15, 0.2) is 0 Å². The third-order valence-electron chi connectivity index (χ3n) is 1.64. The molecule has 0 aromatic rings. The summed E-state index contributed by atoms with van der Waals surface area (Å²) in [4.78, 5) is 0. The van der Waals surface area contributed by atoms with Gasteiger partial charge in [-0.3, -0.25) is 4.57 Å². The standard InChI is InChI=1S/C8H18FO2P/c1-5-6-8(7(2)3)11-12(4,9)10/h7-8H,5-6H2,1-4H3. The van der Waals surface area contributed by atoms with E-state index in [1.54, 1.807) is 0 Å². The van der Waals surface area contributed by atoms with Crippen LogP contribution >= 0.6 is 7.68 Å². The predicted octanol–water partition coefficient (Wildman–Crippen LogP) is 3.62. The van der Waals surface area contributed by atoms with Crippen LogP contribution in [-0.2, 0) is 9.09 Å². The molecular weight excluding hydrogens is 178 g/mol. The molecule has 12 heavy (non-hydrogen) atoms. The van der Waals surface area contributed by atoms with Crippen LogP contribution in [-0.4, -0.2) is 12.8 Å². The summed E-state index contributed by atoms with van der Waals surface area (Å²) >= 11 is 0. The third-order valence-corrected chi connectivity index (χ3v) is 2.29. The molecule has 0 saturated carbocycles. The first-order valence-electron chi connectivity index (χ1n) is 4.32. The maximum Gasteiger partial charge on any atom is 0.364 e. The molecule has 0 aliphatic heterocycles. The van der Waals surface area contributed by atoms with Crippen LogP contribution in [0, 0.1) is 5.92 Å². The normalized spacial score (nSPS) is 19.2. The lowest BCUT2D eigenvalue weighted by atomic mass is 10.0. The van der Waals surface area contributed by atoms with Crippen LogP contribution in [0.4, 0.5) is 4.20 Å². The largest absolute Gasteiger partial charge is 0.364 e. The minimum Gasteiger partial charge on any atom is -0.302 e. The molecule has 0 amide bonds. The summed E-state index contributed by atoms with van der Waals surface area (Å²) in [5, 5.41) is 0. The molecule has 2 unspecified atom stereocenters.